The first-order chi connectivity index (χ1) is 15.7. The van der Waals surface area contributed by atoms with Crippen molar-refractivity contribution in [2.24, 2.45) is 0 Å². The number of anilines is 1. The largest absolute Gasteiger partial charge is 0.355 e. The summed E-state index contributed by atoms with van der Waals surface area (Å²) in [5.41, 5.74) is 2.35. The van der Waals surface area contributed by atoms with Crippen LogP contribution in [0.5, 0.6) is 0 Å². The van der Waals surface area contributed by atoms with Gasteiger partial charge in [0.1, 0.15) is 17.9 Å². The first-order valence-electron chi connectivity index (χ1n) is 11.2. The predicted octanol–water partition coefficient (Wildman–Crippen LogP) is 2.19. The van der Waals surface area contributed by atoms with E-state index < -0.39 is 6.04 Å². The normalized spacial score (nSPS) is 18.7. The van der Waals surface area contributed by atoms with E-state index >= 15 is 0 Å². The Hall–Kier alpha value is -3.49. The summed E-state index contributed by atoms with van der Waals surface area (Å²) in [6.07, 6.45) is 7.11. The Morgan fingerprint density at radius 1 is 1.06 bits per heavy atom. The van der Waals surface area contributed by atoms with Gasteiger partial charge in [-0.25, -0.2) is 15.0 Å². The molecule has 2 aromatic heterocycles. The van der Waals surface area contributed by atoms with Gasteiger partial charge in [0.25, 0.3) is 0 Å². The van der Waals surface area contributed by atoms with Crippen molar-refractivity contribution in [2.45, 2.75) is 44.2 Å². The number of nitrogens with one attached hydrogen (secondary N) is 2. The third-order valence-corrected chi connectivity index (χ3v) is 6.38. The van der Waals surface area contributed by atoms with Gasteiger partial charge in [-0.2, -0.15) is 0 Å². The fourth-order valence-corrected chi connectivity index (χ4v) is 4.72. The second kappa shape index (κ2) is 8.94. The van der Waals surface area contributed by atoms with Crippen LogP contribution in [0, 0.1) is 0 Å². The molecule has 32 heavy (non-hydrogen) atoms. The van der Waals surface area contributed by atoms with Gasteiger partial charge in [0.15, 0.2) is 11.5 Å². The summed E-state index contributed by atoms with van der Waals surface area (Å²) in [7, 11) is 0. The monoisotopic (exact) mass is 433 g/mol. The van der Waals surface area contributed by atoms with Crippen LogP contribution in [0.1, 0.15) is 43.7 Å². The summed E-state index contributed by atoms with van der Waals surface area (Å²) >= 11 is 0. The van der Waals surface area contributed by atoms with E-state index in [1.165, 1.54) is 6.33 Å². The molecule has 3 aromatic rings. The molecule has 0 spiro atoms. The number of carbonyl (C=O) groups excluding carboxylic acids is 2. The molecule has 2 N–H and O–H groups in total. The first kappa shape index (κ1) is 20.4. The maximum atomic E-state index is 13.4. The van der Waals surface area contributed by atoms with Crippen LogP contribution in [0.3, 0.4) is 0 Å². The highest BCUT2D eigenvalue weighted by molar-refractivity contribution is 5.89. The van der Waals surface area contributed by atoms with Gasteiger partial charge in [-0.3, -0.25) is 9.59 Å². The number of nitrogens with zero attached hydrogens (tertiary/aromatic N) is 5. The van der Waals surface area contributed by atoms with Gasteiger partial charge in [-0.1, -0.05) is 30.3 Å². The zero-order chi connectivity index (χ0) is 21.9. The van der Waals surface area contributed by atoms with Gasteiger partial charge in [0, 0.05) is 32.1 Å². The van der Waals surface area contributed by atoms with E-state index in [-0.39, 0.29) is 17.9 Å². The Balaban J connectivity index is 1.27. The molecule has 2 saturated heterocycles. The molecule has 5 rings (SSSR count). The lowest BCUT2D eigenvalue weighted by Crippen LogP contribution is -2.50. The summed E-state index contributed by atoms with van der Waals surface area (Å²) < 4.78 is 0. The average molecular weight is 434 g/mol. The minimum Gasteiger partial charge on any atom is -0.355 e. The second-order valence-corrected chi connectivity index (χ2v) is 8.43. The van der Waals surface area contributed by atoms with Crippen LogP contribution < -0.4 is 10.2 Å². The number of likely N-dealkylation sites (tertiary alicyclic amines) is 1. The van der Waals surface area contributed by atoms with Crippen molar-refractivity contribution in [2.75, 3.05) is 24.5 Å². The second-order valence-electron chi connectivity index (χ2n) is 8.43. The Labute approximate surface area is 186 Å². The molecular weight excluding hydrogens is 406 g/mol. The predicted molar refractivity (Wildman–Crippen MR) is 120 cm³/mol. The van der Waals surface area contributed by atoms with Crippen LogP contribution in [-0.4, -0.2) is 62.3 Å². The van der Waals surface area contributed by atoms with E-state index in [2.05, 4.69) is 30.2 Å². The molecule has 0 radical (unpaired) electrons. The van der Waals surface area contributed by atoms with Gasteiger partial charge < -0.3 is 20.1 Å². The molecule has 2 fully saturated rings. The average Bonchev–Trinajstić information content (AvgIpc) is 3.31. The van der Waals surface area contributed by atoms with Crippen molar-refractivity contribution < 1.29 is 9.59 Å². The summed E-state index contributed by atoms with van der Waals surface area (Å²) in [5, 5.41) is 3.23. The lowest BCUT2D eigenvalue weighted by atomic mass is 9.99. The number of aromatic nitrogens is 4. The fourth-order valence-electron chi connectivity index (χ4n) is 4.72. The third-order valence-electron chi connectivity index (χ3n) is 6.38. The van der Waals surface area contributed by atoms with Gasteiger partial charge in [-0.15, -0.1) is 0 Å². The molecular formula is C23H27N7O2. The van der Waals surface area contributed by atoms with E-state index in [4.69, 9.17) is 0 Å². The van der Waals surface area contributed by atoms with Crippen LogP contribution in [0.15, 0.2) is 43.0 Å². The molecule has 0 saturated carbocycles. The number of imidazole rings is 1. The number of rotatable bonds is 5. The molecule has 0 bridgehead atoms. The van der Waals surface area contributed by atoms with E-state index in [1.54, 1.807) is 11.2 Å². The number of benzene rings is 1. The van der Waals surface area contributed by atoms with Crippen LogP contribution in [0.25, 0.3) is 11.2 Å². The summed E-state index contributed by atoms with van der Waals surface area (Å²) in [5.74, 6) is 0.809. The van der Waals surface area contributed by atoms with Crippen LogP contribution in [0.2, 0.25) is 0 Å². The number of amides is 2. The van der Waals surface area contributed by atoms with E-state index in [0.717, 1.165) is 55.7 Å². The molecule has 2 amide bonds. The topological polar surface area (TPSA) is 107 Å². The smallest absolute Gasteiger partial charge is 0.247 e. The van der Waals surface area contributed by atoms with Crippen molar-refractivity contribution in [3.8, 4) is 0 Å². The molecule has 1 atom stereocenters. The number of fused-ring (bicyclic) bond motifs is 1. The van der Waals surface area contributed by atoms with E-state index in [0.29, 0.717) is 18.6 Å². The zero-order valence-corrected chi connectivity index (χ0v) is 17.9. The number of piperidine rings is 2. The minimum atomic E-state index is -0.575. The van der Waals surface area contributed by atoms with Gasteiger partial charge >= 0.3 is 0 Å². The minimum absolute atomic E-state index is 0.0578. The molecule has 9 nitrogen and oxygen atoms in total. The van der Waals surface area contributed by atoms with Gasteiger partial charge in [0.2, 0.25) is 11.8 Å². The lowest BCUT2D eigenvalue weighted by molar-refractivity contribution is -0.143. The Morgan fingerprint density at radius 3 is 2.66 bits per heavy atom. The molecule has 166 valence electrons. The Kier molecular flexibility index (Phi) is 5.70. The zero-order valence-electron chi connectivity index (χ0n) is 17.9. The third kappa shape index (κ3) is 4.02. The first-order valence-corrected chi connectivity index (χ1v) is 11.2. The highest BCUT2D eigenvalue weighted by atomic mass is 16.2. The van der Waals surface area contributed by atoms with Crippen molar-refractivity contribution in [3.05, 3.63) is 48.5 Å². The van der Waals surface area contributed by atoms with Crippen molar-refractivity contribution >= 4 is 28.8 Å². The molecule has 1 aromatic carbocycles. The standard InChI is InChI=1S/C23H27N7O2/c31-18-8-4-5-11-30(18)20(16-6-2-1-3-7-16)23(32)28-17-9-12-29(13-10-17)22-19-21(25-14-24-19)26-15-27-22/h1-3,6-7,14-15,17,20H,4-5,8-13H2,(H,28,32)(H,24,25,26,27). The highest BCUT2D eigenvalue weighted by Crippen LogP contribution is 2.27. The van der Waals surface area contributed by atoms with Crippen LogP contribution in [-0.2, 0) is 9.59 Å². The molecule has 1 unspecified atom stereocenters. The van der Waals surface area contributed by atoms with E-state index in [1.807, 2.05) is 30.3 Å². The van der Waals surface area contributed by atoms with Crippen LogP contribution in [0.4, 0.5) is 5.82 Å². The number of carbonyl (C=O) groups is 2. The lowest BCUT2D eigenvalue weighted by Gasteiger charge is -2.37. The van der Waals surface area contributed by atoms with Crippen LogP contribution >= 0.6 is 0 Å². The molecule has 9 heteroatoms. The molecule has 2 aliphatic rings. The van der Waals surface area contributed by atoms with E-state index in [9.17, 15) is 9.59 Å². The summed E-state index contributed by atoms with van der Waals surface area (Å²) in [6, 6.07) is 9.10. The number of H-pyrrole nitrogens is 1. The van der Waals surface area contributed by atoms with Crippen molar-refractivity contribution in [1.82, 2.24) is 30.2 Å². The van der Waals surface area contributed by atoms with Gasteiger partial charge in [0.05, 0.1) is 6.33 Å². The molecule has 2 aliphatic heterocycles. The highest BCUT2D eigenvalue weighted by Gasteiger charge is 2.34. The molecule has 0 aliphatic carbocycles. The van der Waals surface area contributed by atoms with Gasteiger partial charge in [-0.05, 0) is 31.2 Å². The number of hydrogen-bond acceptors (Lipinski definition) is 6. The summed E-state index contributed by atoms with van der Waals surface area (Å²) in [6.45, 7) is 2.17. The summed E-state index contributed by atoms with van der Waals surface area (Å²) in [4.78, 5) is 45.9. The SMILES string of the molecule is O=C(NC1CCN(c2ncnc3nc[nH]c23)CC1)C(c1ccccc1)N1CCCCC1=O. The van der Waals surface area contributed by atoms with Crippen molar-refractivity contribution in [1.29, 1.82) is 0 Å². The quantitative estimate of drug-likeness (QED) is 0.639. The van der Waals surface area contributed by atoms with Crippen molar-refractivity contribution in [3.63, 3.8) is 0 Å². The maximum absolute atomic E-state index is 13.4. The fraction of sp³-hybridized carbons (Fsp3) is 0.435. The number of aromatic amines is 1. The number of hydrogen-bond donors (Lipinski definition) is 2. The Morgan fingerprint density at radius 2 is 1.88 bits per heavy atom. The Bertz CT molecular complexity index is 1090. The molecule has 4 heterocycles. The maximum Gasteiger partial charge on any atom is 0.247 e.